The van der Waals surface area contributed by atoms with E-state index in [0.29, 0.717) is 23.7 Å². The molecule has 0 radical (unpaired) electrons. The van der Waals surface area contributed by atoms with Gasteiger partial charge in [-0.25, -0.2) is 4.79 Å². The maximum atomic E-state index is 12.1. The van der Waals surface area contributed by atoms with Crippen LogP contribution in [0.2, 0.25) is 0 Å². The van der Waals surface area contributed by atoms with Gasteiger partial charge in [-0.1, -0.05) is 36.4 Å². The van der Waals surface area contributed by atoms with E-state index in [2.05, 4.69) is 17.1 Å². The summed E-state index contributed by atoms with van der Waals surface area (Å²) in [6.45, 7) is 1.07. The Bertz CT molecular complexity index is 743. The minimum Gasteiger partial charge on any atom is -0.496 e. The van der Waals surface area contributed by atoms with Crippen molar-refractivity contribution in [3.05, 3.63) is 65.2 Å². The van der Waals surface area contributed by atoms with Crippen LogP contribution in [0.3, 0.4) is 0 Å². The topological polar surface area (TPSA) is 47.9 Å². The summed E-state index contributed by atoms with van der Waals surface area (Å²) in [7, 11) is 1.54. The average molecular weight is 327 g/mol. The molecular weight excluding hydrogens is 310 g/mol. The number of methoxy groups -OCH3 is 1. The van der Waals surface area contributed by atoms with Crippen LogP contribution in [0.5, 0.6) is 5.75 Å². The summed E-state index contributed by atoms with van der Waals surface area (Å²) in [5.41, 5.74) is 2.89. The van der Waals surface area contributed by atoms with E-state index >= 15 is 0 Å². The molecular formula is C18H17NO3S. The Balaban J connectivity index is 1.50. The fourth-order valence-electron chi connectivity index (χ4n) is 2.40. The van der Waals surface area contributed by atoms with Gasteiger partial charge in [0.25, 0.3) is 0 Å². The van der Waals surface area contributed by atoms with E-state index in [-0.39, 0.29) is 5.97 Å². The van der Waals surface area contributed by atoms with Crippen LogP contribution in [0.4, 0.5) is 0 Å². The number of fused-ring (bicyclic) bond motifs is 1. The van der Waals surface area contributed by atoms with Crippen LogP contribution in [0.25, 0.3) is 0 Å². The predicted molar refractivity (Wildman–Crippen MR) is 92.4 cm³/mol. The first-order chi connectivity index (χ1) is 11.3. The number of benzene rings is 2. The summed E-state index contributed by atoms with van der Waals surface area (Å²) in [6, 6.07) is 15.3. The lowest BCUT2D eigenvalue weighted by Gasteiger charge is -2.08. The molecule has 0 aromatic heterocycles. The van der Waals surface area contributed by atoms with Gasteiger partial charge in [0, 0.05) is 11.3 Å². The van der Waals surface area contributed by atoms with E-state index in [4.69, 9.17) is 9.47 Å². The maximum absolute atomic E-state index is 12.1. The first-order valence-electron chi connectivity index (χ1n) is 7.35. The van der Waals surface area contributed by atoms with Gasteiger partial charge < -0.3 is 9.47 Å². The van der Waals surface area contributed by atoms with Gasteiger partial charge in [-0.05, 0) is 17.7 Å². The molecule has 1 aliphatic heterocycles. The quantitative estimate of drug-likeness (QED) is 0.622. The molecule has 0 saturated carbocycles. The minimum absolute atomic E-state index is 0.336. The van der Waals surface area contributed by atoms with Crippen LogP contribution >= 0.6 is 11.8 Å². The molecule has 4 nitrogen and oxygen atoms in total. The van der Waals surface area contributed by atoms with Crippen molar-refractivity contribution < 1.29 is 14.3 Å². The molecule has 1 aliphatic rings. The number of rotatable bonds is 5. The van der Waals surface area contributed by atoms with E-state index in [1.165, 1.54) is 18.2 Å². The number of carbonyl (C=O) groups is 1. The van der Waals surface area contributed by atoms with Gasteiger partial charge in [0.15, 0.2) is 0 Å². The molecule has 0 bridgehead atoms. The van der Waals surface area contributed by atoms with Crippen molar-refractivity contribution in [2.45, 2.75) is 6.54 Å². The summed E-state index contributed by atoms with van der Waals surface area (Å²) in [5, 5.41) is 1.02. The van der Waals surface area contributed by atoms with Crippen LogP contribution in [-0.2, 0) is 11.3 Å². The number of hydrogen-bond acceptors (Lipinski definition) is 5. The van der Waals surface area contributed by atoms with Crippen LogP contribution in [0.15, 0.2) is 53.5 Å². The predicted octanol–water partition coefficient (Wildman–Crippen LogP) is 3.55. The van der Waals surface area contributed by atoms with Crippen molar-refractivity contribution >= 4 is 22.8 Å². The van der Waals surface area contributed by atoms with E-state index < -0.39 is 0 Å². The van der Waals surface area contributed by atoms with Crippen LogP contribution in [0, 0.1) is 0 Å². The molecule has 0 fully saturated rings. The average Bonchev–Trinajstić information content (AvgIpc) is 3.01. The zero-order valence-electron chi connectivity index (χ0n) is 12.8. The SMILES string of the molecule is COc1ccccc1C(=O)OCCSC1=NCc2ccccc21. The fraction of sp³-hybridized carbons (Fsp3) is 0.222. The van der Waals surface area contributed by atoms with Crippen LogP contribution < -0.4 is 4.74 Å². The molecule has 0 unspecified atom stereocenters. The number of nitrogens with zero attached hydrogens (tertiary/aromatic N) is 1. The zero-order valence-corrected chi connectivity index (χ0v) is 13.6. The van der Waals surface area contributed by atoms with Gasteiger partial charge in [-0.3, -0.25) is 4.99 Å². The summed E-state index contributed by atoms with van der Waals surface area (Å²) >= 11 is 1.62. The summed E-state index contributed by atoms with van der Waals surface area (Å²) in [4.78, 5) is 16.6. The highest BCUT2D eigenvalue weighted by Crippen LogP contribution is 2.25. The van der Waals surface area contributed by atoms with E-state index in [9.17, 15) is 4.79 Å². The Kier molecular flexibility index (Phi) is 4.98. The highest BCUT2D eigenvalue weighted by Gasteiger charge is 2.16. The minimum atomic E-state index is -0.364. The number of para-hydroxylation sites is 1. The first-order valence-corrected chi connectivity index (χ1v) is 8.34. The van der Waals surface area contributed by atoms with E-state index in [0.717, 1.165) is 11.6 Å². The second kappa shape index (κ2) is 7.33. The number of thioether (sulfide) groups is 1. The molecule has 23 heavy (non-hydrogen) atoms. The van der Waals surface area contributed by atoms with Gasteiger partial charge in [0.2, 0.25) is 0 Å². The molecule has 0 amide bonds. The van der Waals surface area contributed by atoms with Crippen molar-refractivity contribution in [2.24, 2.45) is 4.99 Å². The largest absolute Gasteiger partial charge is 0.496 e. The second-order valence-electron chi connectivity index (χ2n) is 4.96. The Morgan fingerprint density at radius 1 is 1.17 bits per heavy atom. The lowest BCUT2D eigenvalue weighted by Crippen LogP contribution is -2.10. The monoisotopic (exact) mass is 327 g/mol. The molecule has 0 atom stereocenters. The highest BCUT2D eigenvalue weighted by molar-refractivity contribution is 8.14. The van der Waals surface area contributed by atoms with Gasteiger partial charge >= 0.3 is 5.97 Å². The first kappa shape index (κ1) is 15.6. The van der Waals surface area contributed by atoms with Crippen LogP contribution in [-0.4, -0.2) is 30.5 Å². The summed E-state index contributed by atoms with van der Waals surface area (Å²) < 4.78 is 10.5. The Hall–Kier alpha value is -2.27. The number of aliphatic imine (C=N–C) groups is 1. The van der Waals surface area contributed by atoms with Crippen molar-refractivity contribution in [3.63, 3.8) is 0 Å². The van der Waals surface area contributed by atoms with Gasteiger partial charge in [-0.2, -0.15) is 0 Å². The third-order valence-electron chi connectivity index (χ3n) is 3.52. The Morgan fingerprint density at radius 2 is 1.96 bits per heavy atom. The standard InChI is InChI=1S/C18H17NO3S/c1-21-16-9-5-4-8-15(16)18(20)22-10-11-23-17-14-7-3-2-6-13(14)12-19-17/h2-9H,10-12H2,1H3. The molecule has 0 N–H and O–H groups in total. The molecule has 0 aliphatic carbocycles. The molecule has 2 aromatic rings. The molecule has 3 rings (SSSR count). The zero-order chi connectivity index (χ0) is 16.1. The van der Waals surface area contributed by atoms with Gasteiger partial charge in [0.1, 0.15) is 17.9 Å². The van der Waals surface area contributed by atoms with Gasteiger partial charge in [0.05, 0.1) is 18.7 Å². The second-order valence-corrected chi connectivity index (χ2v) is 6.05. The van der Waals surface area contributed by atoms with Crippen LogP contribution in [0.1, 0.15) is 21.5 Å². The summed E-state index contributed by atoms with van der Waals surface area (Å²) in [5.74, 6) is 0.838. The lowest BCUT2D eigenvalue weighted by molar-refractivity contribution is 0.0527. The highest BCUT2D eigenvalue weighted by atomic mass is 32.2. The Morgan fingerprint density at radius 3 is 2.83 bits per heavy atom. The van der Waals surface area contributed by atoms with Crippen molar-refractivity contribution in [3.8, 4) is 5.75 Å². The lowest BCUT2D eigenvalue weighted by atomic mass is 10.1. The fourth-order valence-corrected chi connectivity index (χ4v) is 3.27. The van der Waals surface area contributed by atoms with Crippen molar-refractivity contribution in [2.75, 3.05) is 19.5 Å². The van der Waals surface area contributed by atoms with E-state index in [1.807, 2.05) is 18.2 Å². The maximum Gasteiger partial charge on any atom is 0.341 e. The number of carbonyl (C=O) groups excluding carboxylic acids is 1. The van der Waals surface area contributed by atoms with Crippen molar-refractivity contribution in [1.29, 1.82) is 0 Å². The molecule has 5 heteroatoms. The third-order valence-corrected chi connectivity index (χ3v) is 4.52. The normalized spacial score (nSPS) is 12.5. The van der Waals surface area contributed by atoms with Crippen molar-refractivity contribution in [1.82, 2.24) is 0 Å². The number of hydrogen-bond donors (Lipinski definition) is 0. The molecule has 118 valence electrons. The van der Waals surface area contributed by atoms with E-state index in [1.54, 1.807) is 30.0 Å². The molecule has 0 spiro atoms. The summed E-state index contributed by atoms with van der Waals surface area (Å²) in [6.07, 6.45) is 0. The number of ether oxygens (including phenoxy) is 2. The number of esters is 1. The third kappa shape index (κ3) is 3.56. The smallest absolute Gasteiger partial charge is 0.341 e. The van der Waals surface area contributed by atoms with Gasteiger partial charge in [-0.15, -0.1) is 11.8 Å². The molecule has 1 heterocycles. The Labute approximate surface area is 139 Å². The molecule has 0 saturated heterocycles. The molecule has 2 aromatic carbocycles.